The average Bonchev–Trinajstić information content (AvgIpc) is 3.50. The zero-order valence-electron chi connectivity index (χ0n) is 17.7. The van der Waals surface area contributed by atoms with Crippen LogP contribution >= 0.6 is 24.8 Å². The first kappa shape index (κ1) is 25.3. The molecule has 1 aromatic heterocycles. The van der Waals surface area contributed by atoms with Gasteiger partial charge in [-0.05, 0) is 49.8 Å². The third-order valence-corrected chi connectivity index (χ3v) is 6.06. The number of rotatable bonds is 7. The molecule has 2 heterocycles. The highest BCUT2D eigenvalue weighted by Crippen LogP contribution is 2.38. The first-order chi connectivity index (χ1) is 14.1. The second kappa shape index (κ2) is 11.6. The lowest BCUT2D eigenvalue weighted by atomic mass is 10.0. The zero-order valence-corrected chi connectivity index (χ0v) is 19.4. The van der Waals surface area contributed by atoms with E-state index in [1.165, 1.54) is 23.8 Å². The molecule has 4 rings (SSSR count). The molecule has 0 amide bonds. The predicted octanol–water partition coefficient (Wildman–Crippen LogP) is 4.67. The van der Waals surface area contributed by atoms with Crippen molar-refractivity contribution in [2.75, 3.05) is 13.1 Å². The summed E-state index contributed by atoms with van der Waals surface area (Å²) < 4.78 is 0. The SMILES string of the molecule is CC(=Cc1ccccc1)[C@@H]1C[C@H]1NC1CCN(Cc2ccc(C(=O)O)cn2)CC1.Cl.Cl. The van der Waals surface area contributed by atoms with Crippen LogP contribution in [0.5, 0.6) is 0 Å². The smallest absolute Gasteiger partial charge is 0.337 e. The number of piperidine rings is 1. The van der Waals surface area contributed by atoms with E-state index < -0.39 is 5.97 Å². The number of carbonyl (C=O) groups is 1. The Bertz CT molecular complexity index is 866. The molecule has 0 bridgehead atoms. The maximum Gasteiger partial charge on any atom is 0.337 e. The number of likely N-dealkylation sites (tertiary alicyclic amines) is 1. The summed E-state index contributed by atoms with van der Waals surface area (Å²) in [5.41, 5.74) is 3.94. The van der Waals surface area contributed by atoms with Crippen molar-refractivity contribution < 1.29 is 9.90 Å². The fraction of sp³-hybridized carbons (Fsp3) is 0.417. The van der Waals surface area contributed by atoms with Crippen LogP contribution in [-0.4, -0.2) is 46.1 Å². The minimum Gasteiger partial charge on any atom is -0.478 e. The fourth-order valence-electron chi connectivity index (χ4n) is 4.24. The molecule has 0 unspecified atom stereocenters. The van der Waals surface area contributed by atoms with E-state index in [1.54, 1.807) is 6.07 Å². The van der Waals surface area contributed by atoms with E-state index in [0.29, 0.717) is 18.0 Å². The molecule has 2 aliphatic rings. The summed E-state index contributed by atoms with van der Waals surface area (Å²) in [6, 6.07) is 15.2. The van der Waals surface area contributed by atoms with Crippen molar-refractivity contribution in [1.29, 1.82) is 0 Å². The highest BCUT2D eigenvalue weighted by atomic mass is 35.5. The van der Waals surface area contributed by atoms with Crippen molar-refractivity contribution in [2.24, 2.45) is 5.92 Å². The summed E-state index contributed by atoms with van der Waals surface area (Å²) in [6.45, 7) is 5.15. The van der Waals surface area contributed by atoms with Crippen molar-refractivity contribution in [3.8, 4) is 0 Å². The number of halogens is 2. The van der Waals surface area contributed by atoms with Gasteiger partial charge in [0.2, 0.25) is 0 Å². The van der Waals surface area contributed by atoms with E-state index >= 15 is 0 Å². The van der Waals surface area contributed by atoms with Gasteiger partial charge in [0.15, 0.2) is 0 Å². The maximum atomic E-state index is 10.9. The summed E-state index contributed by atoms with van der Waals surface area (Å²) in [6.07, 6.45) is 7.31. The number of benzene rings is 1. The summed E-state index contributed by atoms with van der Waals surface area (Å²) in [4.78, 5) is 17.6. The lowest BCUT2D eigenvalue weighted by Crippen LogP contribution is -2.43. The summed E-state index contributed by atoms with van der Waals surface area (Å²) >= 11 is 0. The number of carboxylic acid groups (broad SMARTS) is 1. The monoisotopic (exact) mass is 463 g/mol. The number of aromatic nitrogens is 1. The van der Waals surface area contributed by atoms with Gasteiger partial charge in [0.05, 0.1) is 11.3 Å². The maximum absolute atomic E-state index is 10.9. The molecule has 2 atom stereocenters. The molecule has 1 saturated heterocycles. The molecule has 5 nitrogen and oxygen atoms in total. The second-order valence-electron chi connectivity index (χ2n) is 8.31. The quantitative estimate of drug-likeness (QED) is 0.624. The Labute approximate surface area is 196 Å². The molecule has 2 N–H and O–H groups in total. The zero-order chi connectivity index (χ0) is 20.2. The molecule has 0 spiro atoms. The average molecular weight is 464 g/mol. The Hall–Kier alpha value is -1.92. The number of nitrogens with one attached hydrogen (secondary N) is 1. The highest BCUT2D eigenvalue weighted by molar-refractivity contribution is 5.87. The summed E-state index contributed by atoms with van der Waals surface area (Å²) in [7, 11) is 0. The van der Waals surface area contributed by atoms with E-state index in [0.717, 1.165) is 38.2 Å². The van der Waals surface area contributed by atoms with Crippen LogP contribution in [0.1, 0.15) is 47.8 Å². The standard InChI is InChI=1S/C24H29N3O2.2ClH/c1-17(13-18-5-3-2-4-6-18)22-14-23(22)26-20-9-11-27(12-10-20)16-21-8-7-19(15-25-21)24(28)29;;/h2-8,13,15,20,22-23,26H,9-12,14,16H2,1H3,(H,28,29);2*1H/t22-,23+;;/m0../s1. The molecule has 1 aliphatic carbocycles. The normalized spacial score (nSPS) is 21.6. The van der Waals surface area contributed by atoms with E-state index in [9.17, 15) is 4.79 Å². The summed E-state index contributed by atoms with van der Waals surface area (Å²) in [5, 5.41) is 12.8. The Morgan fingerprint density at radius 1 is 1.16 bits per heavy atom. The van der Waals surface area contributed by atoms with Gasteiger partial charge in [-0.25, -0.2) is 4.79 Å². The van der Waals surface area contributed by atoms with Crippen LogP contribution in [0.15, 0.2) is 54.2 Å². The fourth-order valence-corrected chi connectivity index (χ4v) is 4.24. The van der Waals surface area contributed by atoms with Crippen LogP contribution in [0.2, 0.25) is 0 Å². The summed E-state index contributed by atoms with van der Waals surface area (Å²) in [5.74, 6) is -0.256. The van der Waals surface area contributed by atoms with Gasteiger partial charge in [-0.15, -0.1) is 24.8 Å². The van der Waals surface area contributed by atoms with Crippen LogP contribution in [0, 0.1) is 5.92 Å². The molecular weight excluding hydrogens is 433 g/mol. The Balaban J connectivity index is 0.00000171. The van der Waals surface area contributed by atoms with Crippen LogP contribution in [-0.2, 0) is 6.54 Å². The van der Waals surface area contributed by atoms with Crippen LogP contribution < -0.4 is 5.32 Å². The number of hydrogen-bond donors (Lipinski definition) is 2. The Morgan fingerprint density at radius 2 is 1.87 bits per heavy atom. The van der Waals surface area contributed by atoms with Gasteiger partial charge in [-0.2, -0.15) is 0 Å². The molecule has 2 aromatic rings. The number of pyridine rings is 1. The Kier molecular flexibility index (Phi) is 9.51. The molecule has 7 heteroatoms. The minimum atomic E-state index is -0.928. The molecule has 1 aliphatic heterocycles. The molecule has 0 radical (unpaired) electrons. The molecule has 1 aromatic carbocycles. The second-order valence-corrected chi connectivity index (χ2v) is 8.31. The van der Waals surface area contributed by atoms with Crippen molar-refractivity contribution in [2.45, 2.75) is 44.8 Å². The third kappa shape index (κ3) is 7.04. The van der Waals surface area contributed by atoms with E-state index in [-0.39, 0.29) is 30.4 Å². The van der Waals surface area contributed by atoms with Crippen molar-refractivity contribution in [3.05, 3.63) is 71.1 Å². The van der Waals surface area contributed by atoms with Crippen molar-refractivity contribution in [3.63, 3.8) is 0 Å². The van der Waals surface area contributed by atoms with Gasteiger partial charge in [0.25, 0.3) is 0 Å². The lowest BCUT2D eigenvalue weighted by Gasteiger charge is -2.32. The number of nitrogens with zero attached hydrogens (tertiary/aromatic N) is 2. The van der Waals surface area contributed by atoms with Crippen LogP contribution in [0.4, 0.5) is 0 Å². The van der Waals surface area contributed by atoms with Gasteiger partial charge in [0, 0.05) is 37.9 Å². The third-order valence-electron chi connectivity index (χ3n) is 6.06. The molecular formula is C24H31Cl2N3O2. The van der Waals surface area contributed by atoms with E-state index in [2.05, 4.69) is 58.5 Å². The lowest BCUT2D eigenvalue weighted by molar-refractivity contribution is 0.0696. The molecule has 2 fully saturated rings. The number of aromatic carboxylic acids is 1. The van der Waals surface area contributed by atoms with Crippen molar-refractivity contribution in [1.82, 2.24) is 15.2 Å². The van der Waals surface area contributed by atoms with E-state index in [4.69, 9.17) is 5.11 Å². The van der Waals surface area contributed by atoms with Gasteiger partial charge < -0.3 is 10.4 Å². The van der Waals surface area contributed by atoms with Gasteiger partial charge >= 0.3 is 5.97 Å². The van der Waals surface area contributed by atoms with Crippen LogP contribution in [0.3, 0.4) is 0 Å². The molecule has 31 heavy (non-hydrogen) atoms. The largest absolute Gasteiger partial charge is 0.478 e. The number of hydrogen-bond acceptors (Lipinski definition) is 4. The van der Waals surface area contributed by atoms with Gasteiger partial charge in [-0.1, -0.05) is 42.0 Å². The first-order valence-corrected chi connectivity index (χ1v) is 10.5. The van der Waals surface area contributed by atoms with E-state index in [1.807, 2.05) is 6.07 Å². The Morgan fingerprint density at radius 3 is 2.48 bits per heavy atom. The number of carboxylic acids is 1. The minimum absolute atomic E-state index is 0. The first-order valence-electron chi connectivity index (χ1n) is 10.5. The topological polar surface area (TPSA) is 65.5 Å². The highest BCUT2D eigenvalue weighted by Gasteiger charge is 2.39. The molecule has 1 saturated carbocycles. The predicted molar refractivity (Wildman–Crippen MR) is 129 cm³/mol. The molecule has 168 valence electrons. The van der Waals surface area contributed by atoms with Crippen LogP contribution in [0.25, 0.3) is 6.08 Å². The van der Waals surface area contributed by atoms with Crippen molar-refractivity contribution >= 4 is 36.9 Å². The van der Waals surface area contributed by atoms with Gasteiger partial charge in [0.1, 0.15) is 0 Å². The van der Waals surface area contributed by atoms with Gasteiger partial charge in [-0.3, -0.25) is 9.88 Å².